The molecular weight excluding hydrogens is 348 g/mol. The summed E-state index contributed by atoms with van der Waals surface area (Å²) in [6, 6.07) is 0. The molecule has 3 fully saturated rings. The zero-order valence-electron chi connectivity index (χ0n) is 15.6. The average Bonchev–Trinajstić information content (AvgIpc) is 2.95. The predicted molar refractivity (Wildman–Crippen MR) is 103 cm³/mol. The number of hydrogen-bond donors (Lipinski definition) is 2. The van der Waals surface area contributed by atoms with Crippen molar-refractivity contribution in [2.24, 2.45) is 11.3 Å². The summed E-state index contributed by atoms with van der Waals surface area (Å²) >= 11 is 1.78. The number of thioether (sulfide) groups is 1. The van der Waals surface area contributed by atoms with Gasteiger partial charge >= 0.3 is 0 Å². The Bertz CT molecular complexity index is 588. The maximum Gasteiger partial charge on any atom is 0.228 e. The first kappa shape index (κ1) is 18.3. The molecule has 6 nitrogen and oxygen atoms in total. The van der Waals surface area contributed by atoms with Gasteiger partial charge in [-0.3, -0.25) is 14.5 Å². The Morgan fingerprint density at radius 2 is 1.96 bits per heavy atom. The first-order chi connectivity index (χ1) is 12.5. The molecule has 1 atom stereocenters. The second-order valence-electron chi connectivity index (χ2n) is 8.60. The second kappa shape index (κ2) is 7.52. The molecule has 0 aromatic rings. The summed E-state index contributed by atoms with van der Waals surface area (Å²) in [5, 5.41) is 8.94. The van der Waals surface area contributed by atoms with Crippen LogP contribution in [-0.2, 0) is 9.59 Å². The Morgan fingerprint density at radius 3 is 2.65 bits per heavy atom. The molecule has 4 aliphatic rings. The van der Waals surface area contributed by atoms with Gasteiger partial charge in [-0.15, -0.1) is 11.8 Å². The Morgan fingerprint density at radius 1 is 1.23 bits per heavy atom. The minimum Gasteiger partial charge on any atom is -0.358 e. The van der Waals surface area contributed by atoms with Crippen molar-refractivity contribution < 1.29 is 9.59 Å². The third-order valence-electron chi connectivity index (χ3n) is 6.09. The number of carbonyl (C=O) groups is 2. The van der Waals surface area contributed by atoms with Gasteiger partial charge in [0.1, 0.15) is 11.6 Å². The van der Waals surface area contributed by atoms with Gasteiger partial charge in [0.05, 0.1) is 11.9 Å². The van der Waals surface area contributed by atoms with Gasteiger partial charge in [-0.2, -0.15) is 0 Å². The minimum absolute atomic E-state index is 0.128. The van der Waals surface area contributed by atoms with Gasteiger partial charge in [0.15, 0.2) is 0 Å². The molecule has 0 bridgehead atoms. The van der Waals surface area contributed by atoms with Crippen molar-refractivity contribution >= 4 is 23.5 Å². The molecule has 0 aromatic heterocycles. The minimum atomic E-state index is 0.128. The molecule has 3 aliphatic heterocycles. The number of ketones is 1. The zero-order chi connectivity index (χ0) is 18.1. The van der Waals surface area contributed by atoms with E-state index in [1.54, 1.807) is 18.7 Å². The van der Waals surface area contributed by atoms with Crippen LogP contribution in [0.3, 0.4) is 0 Å². The van der Waals surface area contributed by atoms with E-state index in [4.69, 9.17) is 0 Å². The van der Waals surface area contributed by atoms with E-state index in [1.807, 2.05) is 0 Å². The molecule has 1 unspecified atom stereocenters. The molecule has 0 aromatic carbocycles. The van der Waals surface area contributed by atoms with Crippen LogP contribution in [0.25, 0.3) is 0 Å². The first-order valence-electron chi connectivity index (χ1n) is 9.89. The smallest absolute Gasteiger partial charge is 0.228 e. The molecular formula is C19H30N4O2S. The standard InChI is InChI=1S/C19H30N4O2S/c1-14(24)9-23-12-19(13-23)7-15(8-19)18(25)21-16-11-26-17(20-16)10-22-5-3-2-4-6-22/h11,15,17,20H,2-10,12-13H2,1H3,(H,21,25). The summed E-state index contributed by atoms with van der Waals surface area (Å²) < 4.78 is 0. The summed E-state index contributed by atoms with van der Waals surface area (Å²) in [6.45, 7) is 7.59. The Hall–Kier alpha value is -1.05. The third-order valence-corrected chi connectivity index (χ3v) is 7.06. The fourth-order valence-corrected chi connectivity index (χ4v) is 5.83. The molecule has 1 aliphatic carbocycles. The maximum atomic E-state index is 12.5. The Labute approximate surface area is 160 Å². The number of piperidine rings is 1. The highest BCUT2D eigenvalue weighted by molar-refractivity contribution is 8.03. The summed E-state index contributed by atoms with van der Waals surface area (Å²) in [4.78, 5) is 28.4. The van der Waals surface area contributed by atoms with Gasteiger partial charge in [0.2, 0.25) is 5.91 Å². The number of nitrogens with one attached hydrogen (secondary N) is 2. The van der Waals surface area contributed by atoms with Crippen molar-refractivity contribution in [2.75, 3.05) is 39.3 Å². The van der Waals surface area contributed by atoms with Crippen molar-refractivity contribution in [2.45, 2.75) is 44.4 Å². The van der Waals surface area contributed by atoms with Crippen LogP contribution in [0.2, 0.25) is 0 Å². The van der Waals surface area contributed by atoms with E-state index >= 15 is 0 Å². The number of rotatable bonds is 6. The van der Waals surface area contributed by atoms with Crippen LogP contribution in [-0.4, -0.2) is 66.1 Å². The van der Waals surface area contributed by atoms with Crippen LogP contribution >= 0.6 is 11.8 Å². The monoisotopic (exact) mass is 378 g/mol. The van der Waals surface area contributed by atoms with Crippen molar-refractivity contribution in [3.63, 3.8) is 0 Å². The molecule has 0 radical (unpaired) electrons. The fraction of sp³-hybridized carbons (Fsp3) is 0.789. The second-order valence-corrected chi connectivity index (χ2v) is 9.68. The van der Waals surface area contributed by atoms with E-state index in [0.717, 1.165) is 38.3 Å². The van der Waals surface area contributed by atoms with Crippen LogP contribution in [0.1, 0.15) is 39.0 Å². The maximum absolute atomic E-state index is 12.5. The van der Waals surface area contributed by atoms with E-state index in [-0.39, 0.29) is 17.6 Å². The summed E-state index contributed by atoms with van der Waals surface area (Å²) in [7, 11) is 0. The molecule has 7 heteroatoms. The third kappa shape index (κ3) is 4.10. The normalized spacial score (nSPS) is 28.8. The SMILES string of the molecule is CC(=O)CN1CC2(CC(C(=O)NC3=CSC(CN4CCCCC4)N3)C2)C1. The molecule has 2 saturated heterocycles. The molecule has 1 saturated carbocycles. The number of amides is 1. The van der Waals surface area contributed by atoms with Gasteiger partial charge in [-0.1, -0.05) is 6.42 Å². The van der Waals surface area contributed by atoms with Gasteiger partial charge in [0, 0.05) is 31.0 Å². The first-order valence-corrected chi connectivity index (χ1v) is 10.8. The van der Waals surface area contributed by atoms with E-state index in [0.29, 0.717) is 17.3 Å². The number of likely N-dealkylation sites (tertiary alicyclic amines) is 2. The molecule has 2 N–H and O–H groups in total. The molecule has 1 amide bonds. The van der Waals surface area contributed by atoms with E-state index in [9.17, 15) is 9.59 Å². The lowest BCUT2D eigenvalue weighted by atomic mass is 9.57. The number of carbonyl (C=O) groups excluding carboxylic acids is 2. The fourth-order valence-electron chi connectivity index (χ4n) is 4.92. The topological polar surface area (TPSA) is 64.7 Å². The van der Waals surface area contributed by atoms with Crippen molar-refractivity contribution in [3.05, 3.63) is 11.2 Å². The van der Waals surface area contributed by atoms with E-state index in [1.165, 1.54) is 32.4 Å². The highest BCUT2D eigenvalue weighted by Gasteiger charge is 2.54. The van der Waals surface area contributed by atoms with E-state index in [2.05, 4.69) is 25.8 Å². The predicted octanol–water partition coefficient (Wildman–Crippen LogP) is 1.35. The Kier molecular flexibility index (Phi) is 5.30. The lowest BCUT2D eigenvalue weighted by Gasteiger charge is -2.58. The van der Waals surface area contributed by atoms with Crippen molar-refractivity contribution in [1.82, 2.24) is 20.4 Å². The largest absolute Gasteiger partial charge is 0.358 e. The van der Waals surface area contributed by atoms with Gasteiger partial charge in [0.25, 0.3) is 0 Å². The van der Waals surface area contributed by atoms with Crippen LogP contribution < -0.4 is 10.6 Å². The molecule has 4 rings (SSSR count). The Balaban J connectivity index is 1.15. The summed E-state index contributed by atoms with van der Waals surface area (Å²) in [5.41, 5.74) is 0.306. The molecule has 26 heavy (non-hydrogen) atoms. The molecule has 144 valence electrons. The van der Waals surface area contributed by atoms with Gasteiger partial charge in [-0.25, -0.2) is 0 Å². The summed E-state index contributed by atoms with van der Waals surface area (Å²) in [5.74, 6) is 1.38. The highest BCUT2D eigenvalue weighted by atomic mass is 32.2. The number of Topliss-reactive ketones (excluding diaryl/α,β-unsaturated/α-hetero) is 1. The van der Waals surface area contributed by atoms with Crippen LogP contribution in [0.5, 0.6) is 0 Å². The summed E-state index contributed by atoms with van der Waals surface area (Å²) in [6.07, 6.45) is 5.90. The van der Waals surface area contributed by atoms with Gasteiger partial charge in [-0.05, 0) is 51.1 Å². The number of hydrogen-bond acceptors (Lipinski definition) is 6. The van der Waals surface area contributed by atoms with Gasteiger partial charge < -0.3 is 15.5 Å². The van der Waals surface area contributed by atoms with E-state index < -0.39 is 0 Å². The molecule has 3 heterocycles. The molecule has 1 spiro atoms. The lowest BCUT2D eigenvalue weighted by molar-refractivity contribution is -0.146. The quantitative estimate of drug-likeness (QED) is 0.727. The average molecular weight is 379 g/mol. The van der Waals surface area contributed by atoms with Crippen LogP contribution in [0.15, 0.2) is 11.2 Å². The highest BCUT2D eigenvalue weighted by Crippen LogP contribution is 2.51. The van der Waals surface area contributed by atoms with Crippen molar-refractivity contribution in [3.8, 4) is 0 Å². The van der Waals surface area contributed by atoms with Crippen LogP contribution in [0.4, 0.5) is 0 Å². The zero-order valence-corrected chi connectivity index (χ0v) is 16.4. The van der Waals surface area contributed by atoms with Crippen molar-refractivity contribution in [1.29, 1.82) is 0 Å². The number of nitrogens with zero attached hydrogens (tertiary/aromatic N) is 2. The lowest BCUT2D eigenvalue weighted by Crippen LogP contribution is -2.64. The van der Waals surface area contributed by atoms with Crippen LogP contribution in [0, 0.1) is 11.3 Å².